The van der Waals surface area contributed by atoms with Crippen molar-refractivity contribution >= 4 is 23.5 Å². The third-order valence-electron chi connectivity index (χ3n) is 6.49. The first-order chi connectivity index (χ1) is 15.2. The Morgan fingerprint density at radius 2 is 1.78 bits per heavy atom. The molecular formula is C22H22FN5O4. The Morgan fingerprint density at radius 1 is 1.12 bits per heavy atom. The second-order valence-electron chi connectivity index (χ2n) is 8.61. The summed E-state index contributed by atoms with van der Waals surface area (Å²) in [4.78, 5) is 48.3. The van der Waals surface area contributed by atoms with Gasteiger partial charge in [-0.2, -0.15) is 0 Å². The number of urea groups is 1. The predicted octanol–water partition coefficient (Wildman–Crippen LogP) is 1.48. The average Bonchev–Trinajstić information content (AvgIpc) is 2.72. The van der Waals surface area contributed by atoms with Gasteiger partial charge < -0.3 is 9.64 Å². The summed E-state index contributed by atoms with van der Waals surface area (Å²) in [6.45, 7) is 5.77. The minimum atomic E-state index is -1.60. The van der Waals surface area contributed by atoms with Gasteiger partial charge in [0.2, 0.25) is 11.8 Å². The lowest BCUT2D eigenvalue weighted by Crippen LogP contribution is -2.75. The van der Waals surface area contributed by atoms with E-state index in [1.165, 1.54) is 18.5 Å². The van der Waals surface area contributed by atoms with E-state index in [-0.39, 0.29) is 18.1 Å². The molecule has 1 aromatic heterocycles. The van der Waals surface area contributed by atoms with Gasteiger partial charge in [-0.1, -0.05) is 0 Å². The van der Waals surface area contributed by atoms with Gasteiger partial charge in [-0.15, -0.1) is 0 Å². The number of aryl methyl sites for hydroxylation is 1. The van der Waals surface area contributed by atoms with Gasteiger partial charge >= 0.3 is 6.03 Å². The lowest BCUT2D eigenvalue weighted by molar-refractivity contribution is -0.153. The van der Waals surface area contributed by atoms with Gasteiger partial charge in [0, 0.05) is 35.8 Å². The number of carbonyl (C=O) groups excluding carboxylic acids is 3. The van der Waals surface area contributed by atoms with E-state index in [9.17, 15) is 14.4 Å². The van der Waals surface area contributed by atoms with Crippen molar-refractivity contribution in [1.29, 1.82) is 0 Å². The van der Waals surface area contributed by atoms with Gasteiger partial charge in [-0.05, 0) is 44.9 Å². The summed E-state index contributed by atoms with van der Waals surface area (Å²) in [5.74, 6) is -1.25. The lowest BCUT2D eigenvalue weighted by Gasteiger charge is -2.55. The highest BCUT2D eigenvalue weighted by molar-refractivity contribution is 6.20. The number of aromatic nitrogens is 2. The van der Waals surface area contributed by atoms with Crippen LogP contribution in [0.4, 0.5) is 14.9 Å². The Balaban J connectivity index is 1.70. The maximum atomic E-state index is 15.2. The van der Waals surface area contributed by atoms with Crippen molar-refractivity contribution in [3.63, 3.8) is 0 Å². The van der Waals surface area contributed by atoms with Crippen LogP contribution in [0.5, 0.6) is 0 Å². The third kappa shape index (κ3) is 2.89. The van der Waals surface area contributed by atoms with E-state index in [1.54, 1.807) is 19.9 Å². The number of anilines is 1. The fourth-order valence-corrected chi connectivity index (χ4v) is 5.21. The number of carbonyl (C=O) groups is 3. The minimum Gasteiger partial charge on any atom is -0.372 e. The van der Waals surface area contributed by atoms with Crippen molar-refractivity contribution < 1.29 is 23.5 Å². The maximum Gasteiger partial charge on any atom is 0.328 e. The fourth-order valence-electron chi connectivity index (χ4n) is 5.21. The molecule has 5 rings (SSSR count). The first-order valence-electron chi connectivity index (χ1n) is 10.4. The molecule has 2 aromatic rings. The predicted molar refractivity (Wildman–Crippen MR) is 111 cm³/mol. The number of fused-ring (bicyclic) bond motifs is 4. The third-order valence-corrected chi connectivity index (χ3v) is 6.49. The maximum absolute atomic E-state index is 15.2. The SMILES string of the molecule is Cc1ncc(-c2cc3c(cc2F)N2C[C@@H](C)O[C@@H](C)[C@@H]2C2(C3)C(=O)NC(=O)NC2=O)cn1. The number of barbiturate groups is 1. The summed E-state index contributed by atoms with van der Waals surface area (Å²) < 4.78 is 21.2. The van der Waals surface area contributed by atoms with Crippen molar-refractivity contribution in [3.8, 4) is 11.1 Å². The summed E-state index contributed by atoms with van der Waals surface area (Å²) in [5, 5.41) is 4.49. The highest BCUT2D eigenvalue weighted by Crippen LogP contribution is 2.47. The zero-order valence-electron chi connectivity index (χ0n) is 17.8. The molecule has 0 radical (unpaired) electrons. The first kappa shape index (κ1) is 20.5. The molecule has 1 spiro atoms. The fraction of sp³-hybridized carbons (Fsp3) is 0.409. The number of hydrogen-bond acceptors (Lipinski definition) is 7. The number of amides is 4. The number of rotatable bonds is 1. The molecule has 10 heteroatoms. The van der Waals surface area contributed by atoms with E-state index >= 15 is 4.39 Å². The molecule has 0 bridgehead atoms. The number of halogens is 1. The van der Waals surface area contributed by atoms with Crippen molar-refractivity contribution in [3.05, 3.63) is 41.7 Å². The van der Waals surface area contributed by atoms with E-state index in [0.29, 0.717) is 29.2 Å². The molecule has 1 aromatic carbocycles. The Kier molecular flexibility index (Phi) is 4.52. The van der Waals surface area contributed by atoms with Gasteiger partial charge in [-0.25, -0.2) is 19.2 Å². The Hall–Kier alpha value is -3.40. The smallest absolute Gasteiger partial charge is 0.328 e. The van der Waals surface area contributed by atoms with E-state index in [1.807, 2.05) is 11.8 Å². The number of imide groups is 2. The first-order valence-corrected chi connectivity index (χ1v) is 10.4. The highest BCUT2D eigenvalue weighted by atomic mass is 19.1. The summed E-state index contributed by atoms with van der Waals surface area (Å²) >= 11 is 0. The number of morpholine rings is 1. The van der Waals surface area contributed by atoms with E-state index in [0.717, 1.165) is 0 Å². The molecule has 4 heterocycles. The molecule has 3 aliphatic rings. The van der Waals surface area contributed by atoms with Gasteiger partial charge in [-0.3, -0.25) is 20.2 Å². The average molecular weight is 439 g/mol. The van der Waals surface area contributed by atoms with Gasteiger partial charge in [0.25, 0.3) is 0 Å². The summed E-state index contributed by atoms with van der Waals surface area (Å²) in [6.07, 6.45) is 2.35. The van der Waals surface area contributed by atoms with E-state index in [4.69, 9.17) is 4.74 Å². The molecule has 2 saturated heterocycles. The normalized spacial score (nSPS) is 26.3. The van der Waals surface area contributed by atoms with Crippen LogP contribution in [-0.4, -0.2) is 52.6 Å². The van der Waals surface area contributed by atoms with Crippen molar-refractivity contribution in [2.24, 2.45) is 5.41 Å². The standard InChI is InChI=1S/C22H22FN5O4/c1-10-9-28-17-5-16(23)15(14-7-24-12(3)25-8-14)4-13(17)6-22(18(28)11(2)32-10)19(29)26-21(31)27-20(22)30/h4-5,7-8,10-11,18H,6,9H2,1-3H3,(H2,26,27,29,30,31)/t10-,11+,18-/m1/s1. The van der Waals surface area contributed by atoms with Gasteiger partial charge in [0.05, 0.1) is 18.2 Å². The molecule has 4 amide bonds. The second-order valence-corrected chi connectivity index (χ2v) is 8.61. The van der Waals surface area contributed by atoms with Crippen molar-refractivity contribution in [1.82, 2.24) is 20.6 Å². The zero-order chi connectivity index (χ0) is 22.8. The molecule has 2 fully saturated rings. The Bertz CT molecular complexity index is 1130. The van der Waals surface area contributed by atoms with Crippen LogP contribution in [-0.2, 0) is 20.7 Å². The van der Waals surface area contributed by atoms with Crippen LogP contribution < -0.4 is 15.5 Å². The second kappa shape index (κ2) is 7.06. The van der Waals surface area contributed by atoms with Crippen molar-refractivity contribution in [2.45, 2.75) is 45.4 Å². The monoisotopic (exact) mass is 439 g/mol. The molecule has 0 unspecified atom stereocenters. The molecule has 32 heavy (non-hydrogen) atoms. The van der Waals surface area contributed by atoms with Crippen LogP contribution in [0.1, 0.15) is 25.2 Å². The van der Waals surface area contributed by atoms with Gasteiger partial charge in [0.15, 0.2) is 5.41 Å². The number of benzene rings is 1. The zero-order valence-corrected chi connectivity index (χ0v) is 17.8. The van der Waals surface area contributed by atoms with Crippen LogP contribution in [0.3, 0.4) is 0 Å². The molecule has 9 nitrogen and oxygen atoms in total. The summed E-state index contributed by atoms with van der Waals surface area (Å²) in [7, 11) is 0. The Morgan fingerprint density at radius 3 is 2.44 bits per heavy atom. The van der Waals surface area contributed by atoms with Crippen LogP contribution in [0.2, 0.25) is 0 Å². The number of hydrogen-bond donors (Lipinski definition) is 2. The Labute approximate surface area is 183 Å². The largest absolute Gasteiger partial charge is 0.372 e. The van der Waals surface area contributed by atoms with Gasteiger partial charge in [0.1, 0.15) is 11.6 Å². The van der Waals surface area contributed by atoms with Crippen LogP contribution in [0, 0.1) is 18.2 Å². The molecule has 3 aliphatic heterocycles. The molecule has 0 aliphatic carbocycles. The van der Waals surface area contributed by atoms with Crippen LogP contribution >= 0.6 is 0 Å². The van der Waals surface area contributed by atoms with Crippen molar-refractivity contribution in [2.75, 3.05) is 11.4 Å². The minimum absolute atomic E-state index is 0.00345. The van der Waals surface area contributed by atoms with Crippen LogP contribution in [0.25, 0.3) is 11.1 Å². The summed E-state index contributed by atoms with van der Waals surface area (Å²) in [6, 6.07) is 1.52. The highest BCUT2D eigenvalue weighted by Gasteiger charge is 2.62. The lowest BCUT2D eigenvalue weighted by atomic mass is 9.66. The number of nitrogens with zero attached hydrogens (tertiary/aromatic N) is 3. The molecule has 0 saturated carbocycles. The molecule has 166 valence electrons. The number of ether oxygens (including phenoxy) is 1. The molecule has 3 atom stereocenters. The number of nitrogens with one attached hydrogen (secondary N) is 2. The van der Waals surface area contributed by atoms with E-state index < -0.39 is 41.2 Å². The quantitative estimate of drug-likeness (QED) is 0.647. The molecule has 2 N–H and O–H groups in total. The summed E-state index contributed by atoms with van der Waals surface area (Å²) in [5.41, 5.74) is 0.399. The topological polar surface area (TPSA) is 114 Å². The molecular weight excluding hydrogens is 417 g/mol. The van der Waals surface area contributed by atoms with E-state index in [2.05, 4.69) is 20.6 Å². The van der Waals surface area contributed by atoms with Crippen LogP contribution in [0.15, 0.2) is 24.5 Å².